The molecule has 1 rings (SSSR count). The van der Waals surface area contributed by atoms with Crippen molar-refractivity contribution in [1.29, 1.82) is 0 Å². The fourth-order valence-electron chi connectivity index (χ4n) is 2.05. The molecule has 0 aromatic heterocycles. The second kappa shape index (κ2) is 8.63. The molecule has 0 bridgehead atoms. The standard InChI is InChI=1S/C17H23ClN2O/c1-5-13(3)20(11-12-21)17(6-2)19-14(4)15-7-9-16(18)10-8-15/h7-10,12-13H,4-6,11H2,1-3H3/b19-17-. The minimum atomic E-state index is 0.270. The van der Waals surface area contributed by atoms with Crippen molar-refractivity contribution in [1.82, 2.24) is 4.90 Å². The molecule has 0 aliphatic rings. The van der Waals surface area contributed by atoms with E-state index in [9.17, 15) is 4.79 Å². The van der Waals surface area contributed by atoms with E-state index in [1.165, 1.54) is 0 Å². The van der Waals surface area contributed by atoms with Crippen LogP contribution >= 0.6 is 11.6 Å². The number of amidine groups is 1. The van der Waals surface area contributed by atoms with Gasteiger partial charge in [-0.15, -0.1) is 0 Å². The average Bonchev–Trinajstić information content (AvgIpc) is 2.50. The zero-order valence-corrected chi connectivity index (χ0v) is 13.7. The Morgan fingerprint density at radius 2 is 2.00 bits per heavy atom. The van der Waals surface area contributed by atoms with Gasteiger partial charge in [0, 0.05) is 17.5 Å². The normalized spacial score (nSPS) is 12.9. The SMILES string of the molecule is C=C(/N=C(/CC)N(CC=O)C(C)CC)c1ccc(Cl)cc1. The number of rotatable bonds is 7. The van der Waals surface area contributed by atoms with Gasteiger partial charge >= 0.3 is 0 Å². The average molecular weight is 307 g/mol. The first-order chi connectivity index (χ1) is 10.0. The van der Waals surface area contributed by atoms with Gasteiger partial charge in [-0.3, -0.25) is 0 Å². The van der Waals surface area contributed by atoms with Crippen LogP contribution < -0.4 is 0 Å². The largest absolute Gasteiger partial charge is 0.350 e. The molecule has 0 heterocycles. The lowest BCUT2D eigenvalue weighted by molar-refractivity contribution is -0.108. The number of aldehydes is 1. The number of halogens is 1. The molecule has 0 saturated carbocycles. The number of carbonyl (C=O) groups is 1. The molecule has 0 aliphatic carbocycles. The Morgan fingerprint density at radius 3 is 2.48 bits per heavy atom. The molecule has 0 spiro atoms. The van der Waals surface area contributed by atoms with E-state index in [0.29, 0.717) is 17.3 Å². The molecule has 114 valence electrons. The first-order valence-corrected chi connectivity index (χ1v) is 7.63. The van der Waals surface area contributed by atoms with Crippen LogP contribution in [0.25, 0.3) is 5.70 Å². The maximum atomic E-state index is 10.9. The first-order valence-electron chi connectivity index (χ1n) is 7.26. The molecule has 1 aromatic rings. The third kappa shape index (κ3) is 5.01. The highest BCUT2D eigenvalue weighted by Gasteiger charge is 2.15. The number of nitrogens with zero attached hydrogens (tertiary/aromatic N) is 2. The van der Waals surface area contributed by atoms with E-state index < -0.39 is 0 Å². The fourth-order valence-corrected chi connectivity index (χ4v) is 2.18. The van der Waals surface area contributed by atoms with Crippen LogP contribution in [0.15, 0.2) is 35.8 Å². The van der Waals surface area contributed by atoms with Gasteiger partial charge in [-0.25, -0.2) is 4.99 Å². The van der Waals surface area contributed by atoms with Crippen molar-refractivity contribution in [2.45, 2.75) is 39.7 Å². The monoisotopic (exact) mass is 306 g/mol. The zero-order valence-electron chi connectivity index (χ0n) is 13.0. The van der Waals surface area contributed by atoms with Crippen LogP contribution in [0.2, 0.25) is 5.02 Å². The van der Waals surface area contributed by atoms with Crippen LogP contribution in [-0.2, 0) is 4.79 Å². The van der Waals surface area contributed by atoms with Gasteiger partial charge in [0.25, 0.3) is 0 Å². The summed E-state index contributed by atoms with van der Waals surface area (Å²) in [6.07, 6.45) is 2.63. The van der Waals surface area contributed by atoms with E-state index in [-0.39, 0.29) is 6.04 Å². The predicted molar refractivity (Wildman–Crippen MR) is 90.7 cm³/mol. The van der Waals surface area contributed by atoms with Gasteiger partial charge < -0.3 is 9.69 Å². The van der Waals surface area contributed by atoms with E-state index in [2.05, 4.69) is 25.4 Å². The van der Waals surface area contributed by atoms with Crippen molar-refractivity contribution in [2.24, 2.45) is 4.99 Å². The molecule has 0 fully saturated rings. The molecule has 0 amide bonds. The van der Waals surface area contributed by atoms with Crippen molar-refractivity contribution in [3.63, 3.8) is 0 Å². The van der Waals surface area contributed by atoms with Crippen LogP contribution in [-0.4, -0.2) is 29.6 Å². The summed E-state index contributed by atoms with van der Waals surface area (Å²) in [6, 6.07) is 7.71. The summed E-state index contributed by atoms with van der Waals surface area (Å²) in [4.78, 5) is 17.6. The third-order valence-corrected chi connectivity index (χ3v) is 3.74. The van der Waals surface area contributed by atoms with Gasteiger partial charge in [0.1, 0.15) is 12.1 Å². The van der Waals surface area contributed by atoms with Crippen LogP contribution in [0, 0.1) is 0 Å². The molecule has 3 nitrogen and oxygen atoms in total. The number of benzene rings is 1. The van der Waals surface area contributed by atoms with Crippen molar-refractivity contribution in [3.8, 4) is 0 Å². The Labute approximate surface area is 132 Å². The lowest BCUT2D eigenvalue weighted by Gasteiger charge is -2.29. The predicted octanol–water partition coefficient (Wildman–Crippen LogP) is 4.42. The highest BCUT2D eigenvalue weighted by molar-refractivity contribution is 6.30. The molecule has 1 atom stereocenters. The van der Waals surface area contributed by atoms with E-state index in [1.807, 2.05) is 36.1 Å². The van der Waals surface area contributed by atoms with Gasteiger partial charge in [0.2, 0.25) is 0 Å². The topological polar surface area (TPSA) is 32.7 Å². The highest BCUT2D eigenvalue weighted by Crippen LogP contribution is 2.19. The van der Waals surface area contributed by atoms with Gasteiger partial charge in [0.15, 0.2) is 0 Å². The van der Waals surface area contributed by atoms with Crippen LogP contribution in [0.1, 0.15) is 39.2 Å². The van der Waals surface area contributed by atoms with E-state index in [4.69, 9.17) is 11.6 Å². The molecular weight excluding hydrogens is 284 g/mol. The Morgan fingerprint density at radius 1 is 1.38 bits per heavy atom. The summed E-state index contributed by atoms with van der Waals surface area (Å²) in [5.74, 6) is 0.886. The Bertz CT molecular complexity index is 508. The molecule has 0 aliphatic heterocycles. The Kier molecular flexibility index (Phi) is 7.17. The number of hydrogen-bond donors (Lipinski definition) is 0. The smallest absolute Gasteiger partial charge is 0.139 e. The summed E-state index contributed by atoms with van der Waals surface area (Å²) >= 11 is 5.89. The minimum Gasteiger partial charge on any atom is -0.350 e. The molecule has 0 N–H and O–H groups in total. The molecule has 0 saturated heterocycles. The molecule has 0 radical (unpaired) electrons. The molecule has 1 aromatic carbocycles. The first kappa shape index (κ1) is 17.4. The zero-order chi connectivity index (χ0) is 15.8. The van der Waals surface area contributed by atoms with Crippen molar-refractivity contribution < 1.29 is 4.79 Å². The molecular formula is C17H23ClN2O. The number of aliphatic imine (C=N–C) groups is 1. The minimum absolute atomic E-state index is 0.270. The van der Waals surface area contributed by atoms with Crippen LogP contribution in [0.4, 0.5) is 0 Å². The third-order valence-electron chi connectivity index (χ3n) is 3.48. The summed E-state index contributed by atoms with van der Waals surface area (Å²) in [6.45, 7) is 10.6. The second-order valence-electron chi connectivity index (χ2n) is 4.91. The highest BCUT2D eigenvalue weighted by atomic mass is 35.5. The lowest BCUT2D eigenvalue weighted by atomic mass is 10.1. The molecule has 21 heavy (non-hydrogen) atoms. The summed E-state index contributed by atoms with van der Waals surface area (Å²) in [7, 11) is 0. The van der Waals surface area contributed by atoms with Crippen LogP contribution in [0.3, 0.4) is 0 Å². The summed E-state index contributed by atoms with van der Waals surface area (Å²) in [5, 5.41) is 0.688. The summed E-state index contributed by atoms with van der Waals surface area (Å²) < 4.78 is 0. The van der Waals surface area contributed by atoms with Crippen molar-refractivity contribution >= 4 is 29.4 Å². The number of carbonyl (C=O) groups excluding carboxylic acids is 1. The van der Waals surface area contributed by atoms with Gasteiger partial charge in [-0.1, -0.05) is 44.2 Å². The maximum Gasteiger partial charge on any atom is 0.139 e. The van der Waals surface area contributed by atoms with Gasteiger partial charge in [0.05, 0.1) is 12.2 Å². The maximum absolute atomic E-state index is 10.9. The summed E-state index contributed by atoms with van der Waals surface area (Å²) in [5.41, 5.74) is 1.61. The lowest BCUT2D eigenvalue weighted by Crippen LogP contribution is -2.39. The van der Waals surface area contributed by atoms with E-state index in [1.54, 1.807) is 0 Å². The Hall–Kier alpha value is -1.61. The second-order valence-corrected chi connectivity index (χ2v) is 5.35. The van der Waals surface area contributed by atoms with E-state index >= 15 is 0 Å². The molecule has 1 unspecified atom stereocenters. The van der Waals surface area contributed by atoms with Crippen molar-refractivity contribution in [3.05, 3.63) is 41.4 Å². The van der Waals surface area contributed by atoms with Crippen molar-refractivity contribution in [2.75, 3.05) is 6.54 Å². The van der Waals surface area contributed by atoms with E-state index in [0.717, 1.165) is 30.5 Å². The molecule has 4 heteroatoms. The van der Waals surface area contributed by atoms with Crippen LogP contribution in [0.5, 0.6) is 0 Å². The van der Waals surface area contributed by atoms with Gasteiger partial charge in [-0.05, 0) is 31.0 Å². The van der Waals surface area contributed by atoms with Gasteiger partial charge in [-0.2, -0.15) is 0 Å². The number of hydrogen-bond acceptors (Lipinski definition) is 2. The quantitative estimate of drug-likeness (QED) is 0.424. The fraction of sp³-hybridized carbons (Fsp3) is 0.412. The Balaban J connectivity index is 3.02.